The molecule has 2 aromatic carbocycles. The van der Waals surface area contributed by atoms with Crippen molar-refractivity contribution in [2.75, 3.05) is 32.1 Å². The van der Waals surface area contributed by atoms with Crippen LogP contribution < -0.4 is 15.0 Å². The molecule has 2 aliphatic rings. The van der Waals surface area contributed by atoms with Gasteiger partial charge in [-0.25, -0.2) is 0 Å². The number of fused-ring (bicyclic) bond motifs is 2. The molecule has 8 nitrogen and oxygen atoms in total. The number of anilines is 1. The summed E-state index contributed by atoms with van der Waals surface area (Å²) in [5.41, 5.74) is 4.96. The van der Waals surface area contributed by atoms with Gasteiger partial charge < -0.3 is 20.1 Å². The Kier molecular flexibility index (Phi) is 6.38. The zero-order chi connectivity index (χ0) is 25.6. The van der Waals surface area contributed by atoms with E-state index in [9.17, 15) is 9.90 Å². The normalized spacial score (nSPS) is 20.4. The molecule has 0 radical (unpaired) electrons. The van der Waals surface area contributed by atoms with E-state index in [1.54, 1.807) is 16.9 Å². The number of methoxy groups -OCH3 is 1. The molecule has 0 spiro atoms. The quantitative estimate of drug-likeness (QED) is 0.547. The number of phenolic OH excluding ortho intramolecular Hbond substituents is 1. The molecule has 0 saturated carbocycles. The van der Waals surface area contributed by atoms with Crippen LogP contribution in [0.5, 0.6) is 11.5 Å². The summed E-state index contributed by atoms with van der Waals surface area (Å²) in [6, 6.07) is 10.7. The molecule has 3 heterocycles. The van der Waals surface area contributed by atoms with Crippen LogP contribution in [-0.2, 0) is 7.05 Å². The minimum absolute atomic E-state index is 0.0532. The largest absolute Gasteiger partial charge is 0.504 e. The van der Waals surface area contributed by atoms with Gasteiger partial charge in [-0.05, 0) is 69.1 Å². The summed E-state index contributed by atoms with van der Waals surface area (Å²) < 4.78 is 7.11. The molecule has 1 aromatic heterocycles. The fraction of sp³-hybridized carbons (Fsp3) is 0.429. The van der Waals surface area contributed by atoms with Crippen molar-refractivity contribution < 1.29 is 14.6 Å². The third-order valence-electron chi connectivity index (χ3n) is 7.86. The lowest BCUT2D eigenvalue weighted by molar-refractivity contribution is 0.0939. The van der Waals surface area contributed by atoms with E-state index >= 15 is 0 Å². The molecule has 2 fully saturated rings. The summed E-state index contributed by atoms with van der Waals surface area (Å²) in [6.45, 7) is 5.91. The molecule has 5 rings (SSSR count). The number of phenols is 1. The number of likely N-dealkylation sites (N-methyl/N-ethyl adjacent to an activating group) is 1. The first-order valence-electron chi connectivity index (χ1n) is 12.5. The topological polar surface area (TPSA) is 82.9 Å². The molecule has 1 amide bonds. The maximum atomic E-state index is 13.4. The van der Waals surface area contributed by atoms with Gasteiger partial charge in [0, 0.05) is 60.8 Å². The Bertz CT molecular complexity index is 1270. The number of aromatic hydroxyl groups is 1. The monoisotopic (exact) mass is 489 g/mol. The zero-order valence-corrected chi connectivity index (χ0v) is 21.7. The van der Waals surface area contributed by atoms with Crippen LogP contribution >= 0.6 is 0 Å². The van der Waals surface area contributed by atoms with Crippen LogP contribution in [0, 0.1) is 6.92 Å². The summed E-state index contributed by atoms with van der Waals surface area (Å²) >= 11 is 0. The van der Waals surface area contributed by atoms with Crippen LogP contribution in [-0.4, -0.2) is 65.0 Å². The van der Waals surface area contributed by atoms with Gasteiger partial charge in [-0.1, -0.05) is 6.07 Å². The maximum Gasteiger partial charge on any atom is 0.252 e. The van der Waals surface area contributed by atoms with Gasteiger partial charge in [-0.3, -0.25) is 14.4 Å². The van der Waals surface area contributed by atoms with E-state index in [0.717, 1.165) is 35.5 Å². The number of ether oxygens (including phenoxy) is 1. The SMILES string of the molecule is COc1cc([C@@H](C)NC(=O)c2cc(N3C[C@H]4CC[C@@H](C3)N4C)ccc2C)cc(-c2cnn(C)c2)c1O. The molecular weight excluding hydrogens is 454 g/mol. The summed E-state index contributed by atoms with van der Waals surface area (Å²) in [6.07, 6.45) is 6.01. The van der Waals surface area contributed by atoms with Crippen molar-refractivity contribution in [3.63, 3.8) is 0 Å². The second-order valence-electron chi connectivity index (χ2n) is 10.2. The standard InChI is InChI=1S/C28H35N5O3/c1-17-6-7-21(33-15-22-8-9-23(16-33)32(22)4)12-24(17)28(35)30-18(2)19-10-25(20-13-29-31(3)14-20)27(34)26(11-19)36-5/h6-7,10-14,18,22-23,34H,8-9,15-16H2,1-5H3,(H,30,35)/t18-,22-,23+/m1/s1. The fourth-order valence-corrected chi connectivity index (χ4v) is 5.55. The fourth-order valence-electron chi connectivity index (χ4n) is 5.55. The second kappa shape index (κ2) is 9.50. The van der Waals surface area contributed by atoms with Crippen LogP contribution in [0.3, 0.4) is 0 Å². The number of benzene rings is 2. The number of aryl methyl sites for hydroxylation is 2. The minimum Gasteiger partial charge on any atom is -0.504 e. The Morgan fingerprint density at radius 1 is 1.17 bits per heavy atom. The van der Waals surface area contributed by atoms with Gasteiger partial charge in [-0.2, -0.15) is 5.10 Å². The van der Waals surface area contributed by atoms with E-state index in [2.05, 4.69) is 33.3 Å². The average molecular weight is 490 g/mol. The lowest BCUT2D eigenvalue weighted by atomic mass is 9.99. The van der Waals surface area contributed by atoms with E-state index in [1.807, 2.05) is 45.3 Å². The van der Waals surface area contributed by atoms with Gasteiger partial charge in [0.15, 0.2) is 11.5 Å². The van der Waals surface area contributed by atoms with Crippen molar-refractivity contribution in [2.45, 2.75) is 44.8 Å². The Morgan fingerprint density at radius 3 is 2.53 bits per heavy atom. The zero-order valence-electron chi connectivity index (χ0n) is 21.7. The summed E-state index contributed by atoms with van der Waals surface area (Å²) in [4.78, 5) is 18.4. The van der Waals surface area contributed by atoms with Crippen LogP contribution in [0.4, 0.5) is 5.69 Å². The van der Waals surface area contributed by atoms with Crippen molar-refractivity contribution in [2.24, 2.45) is 7.05 Å². The van der Waals surface area contributed by atoms with Gasteiger partial charge in [0.1, 0.15) is 0 Å². The lowest BCUT2D eigenvalue weighted by Crippen LogP contribution is -2.52. The predicted molar refractivity (Wildman–Crippen MR) is 141 cm³/mol. The van der Waals surface area contributed by atoms with Crippen molar-refractivity contribution >= 4 is 11.6 Å². The highest BCUT2D eigenvalue weighted by molar-refractivity contribution is 5.97. The molecule has 2 saturated heterocycles. The lowest BCUT2D eigenvalue weighted by Gasteiger charge is -2.40. The van der Waals surface area contributed by atoms with Gasteiger partial charge in [0.05, 0.1) is 19.3 Å². The number of nitrogens with one attached hydrogen (secondary N) is 1. The van der Waals surface area contributed by atoms with E-state index in [1.165, 1.54) is 20.0 Å². The molecule has 3 aromatic rings. The smallest absolute Gasteiger partial charge is 0.252 e. The Hall–Kier alpha value is -3.52. The predicted octanol–water partition coefficient (Wildman–Crippen LogP) is 3.88. The molecule has 2 N–H and O–H groups in total. The third-order valence-corrected chi connectivity index (χ3v) is 7.86. The maximum absolute atomic E-state index is 13.4. The number of piperazine rings is 1. The van der Waals surface area contributed by atoms with E-state index < -0.39 is 0 Å². The molecule has 190 valence electrons. The molecule has 0 unspecified atom stereocenters. The molecule has 0 aliphatic carbocycles. The number of hydrogen-bond acceptors (Lipinski definition) is 6. The van der Waals surface area contributed by atoms with Gasteiger partial charge >= 0.3 is 0 Å². The Labute approximate surface area is 212 Å². The van der Waals surface area contributed by atoms with Crippen LogP contribution in [0.2, 0.25) is 0 Å². The van der Waals surface area contributed by atoms with Crippen molar-refractivity contribution in [1.82, 2.24) is 20.0 Å². The minimum atomic E-state index is -0.301. The number of carbonyl (C=O) groups is 1. The highest BCUT2D eigenvalue weighted by Gasteiger charge is 2.37. The van der Waals surface area contributed by atoms with E-state index in [4.69, 9.17) is 4.74 Å². The first-order valence-corrected chi connectivity index (χ1v) is 12.5. The Morgan fingerprint density at radius 2 is 1.89 bits per heavy atom. The summed E-state index contributed by atoms with van der Waals surface area (Å²) in [5.74, 6) is 0.293. The van der Waals surface area contributed by atoms with Crippen LogP contribution in [0.1, 0.15) is 47.3 Å². The number of rotatable bonds is 6. The number of nitrogens with zero attached hydrogens (tertiary/aromatic N) is 4. The first-order chi connectivity index (χ1) is 17.2. The molecule has 36 heavy (non-hydrogen) atoms. The van der Waals surface area contributed by atoms with Crippen molar-refractivity contribution in [3.8, 4) is 22.6 Å². The molecular formula is C28H35N5O3. The Balaban J connectivity index is 1.38. The average Bonchev–Trinajstić information content (AvgIpc) is 3.36. The van der Waals surface area contributed by atoms with Crippen LogP contribution in [0.25, 0.3) is 11.1 Å². The van der Waals surface area contributed by atoms with E-state index in [0.29, 0.717) is 29.0 Å². The summed E-state index contributed by atoms with van der Waals surface area (Å²) in [7, 11) is 5.58. The van der Waals surface area contributed by atoms with Gasteiger partial charge in [0.2, 0.25) is 0 Å². The number of carbonyl (C=O) groups excluding carboxylic acids is 1. The summed E-state index contributed by atoms with van der Waals surface area (Å²) in [5, 5.41) is 18.1. The van der Waals surface area contributed by atoms with Gasteiger partial charge in [-0.15, -0.1) is 0 Å². The van der Waals surface area contributed by atoms with Gasteiger partial charge in [0.25, 0.3) is 5.91 Å². The number of aromatic nitrogens is 2. The van der Waals surface area contributed by atoms with Crippen LogP contribution in [0.15, 0.2) is 42.7 Å². The van der Waals surface area contributed by atoms with Crippen molar-refractivity contribution in [3.05, 3.63) is 59.4 Å². The third kappa shape index (κ3) is 4.41. The van der Waals surface area contributed by atoms with Crippen molar-refractivity contribution in [1.29, 1.82) is 0 Å². The second-order valence-corrected chi connectivity index (χ2v) is 10.2. The molecule has 2 aliphatic heterocycles. The van der Waals surface area contributed by atoms with E-state index in [-0.39, 0.29) is 17.7 Å². The first kappa shape index (κ1) is 24.2. The number of hydrogen-bond donors (Lipinski definition) is 2. The number of amides is 1. The highest BCUT2D eigenvalue weighted by atomic mass is 16.5. The highest BCUT2D eigenvalue weighted by Crippen LogP contribution is 2.39. The molecule has 3 atom stereocenters. The molecule has 2 bridgehead atoms. The molecule has 8 heteroatoms.